The Morgan fingerprint density at radius 1 is 1.40 bits per heavy atom. The maximum atomic E-state index is 12.0. The first-order valence-corrected chi connectivity index (χ1v) is 8.21. The molecule has 1 aromatic rings. The summed E-state index contributed by atoms with van der Waals surface area (Å²) in [6.45, 7) is 4.80. The van der Waals surface area contributed by atoms with Crippen molar-refractivity contribution in [3.63, 3.8) is 0 Å². The quantitative estimate of drug-likeness (QED) is 0.585. The summed E-state index contributed by atoms with van der Waals surface area (Å²) in [6.07, 6.45) is 1.59. The highest BCUT2D eigenvalue weighted by Crippen LogP contribution is 2.15. The topological polar surface area (TPSA) is 119 Å². The fraction of sp³-hybridized carbons (Fsp3) is 0.636. The van der Waals surface area contributed by atoms with Crippen LogP contribution in [0.15, 0.2) is 0 Å². The van der Waals surface area contributed by atoms with E-state index in [2.05, 4.69) is 15.1 Å². The highest BCUT2D eigenvalue weighted by molar-refractivity contribution is 7.88. The summed E-state index contributed by atoms with van der Waals surface area (Å²) >= 11 is 0. The number of hydrogen-bond donors (Lipinski definition) is 3. The van der Waals surface area contributed by atoms with Crippen molar-refractivity contribution in [1.82, 2.24) is 19.8 Å². The highest BCUT2D eigenvalue weighted by Gasteiger charge is 2.18. The number of nitrogens with zero attached hydrogens (tertiary/aromatic N) is 2. The number of anilines is 1. The third-order valence-corrected chi connectivity index (χ3v) is 3.42. The summed E-state index contributed by atoms with van der Waals surface area (Å²) in [7, 11) is -3.19. The van der Waals surface area contributed by atoms with Gasteiger partial charge in [-0.25, -0.2) is 13.1 Å². The molecule has 0 aromatic carbocycles. The lowest BCUT2D eigenvalue weighted by Crippen LogP contribution is -2.31. The molecule has 1 aromatic heterocycles. The van der Waals surface area contributed by atoms with Crippen molar-refractivity contribution in [2.24, 2.45) is 0 Å². The van der Waals surface area contributed by atoms with E-state index in [4.69, 9.17) is 5.73 Å². The van der Waals surface area contributed by atoms with Gasteiger partial charge in [0.25, 0.3) is 5.91 Å². The van der Waals surface area contributed by atoms with Gasteiger partial charge in [-0.15, -0.1) is 0 Å². The zero-order valence-electron chi connectivity index (χ0n) is 11.9. The van der Waals surface area contributed by atoms with Crippen LogP contribution in [0, 0.1) is 6.92 Å². The van der Waals surface area contributed by atoms with E-state index in [1.54, 1.807) is 11.6 Å². The molecule has 1 amide bonds. The van der Waals surface area contributed by atoms with Crippen molar-refractivity contribution >= 4 is 21.6 Å². The summed E-state index contributed by atoms with van der Waals surface area (Å²) in [4.78, 5) is 12.0. The second-order valence-electron chi connectivity index (χ2n) is 4.44. The molecule has 1 heterocycles. The molecule has 0 aliphatic heterocycles. The van der Waals surface area contributed by atoms with Crippen molar-refractivity contribution in [2.45, 2.75) is 26.8 Å². The van der Waals surface area contributed by atoms with E-state index in [0.29, 0.717) is 36.6 Å². The van der Waals surface area contributed by atoms with Crippen molar-refractivity contribution in [1.29, 1.82) is 0 Å². The Morgan fingerprint density at radius 2 is 2.05 bits per heavy atom. The van der Waals surface area contributed by atoms with Crippen LogP contribution in [0.2, 0.25) is 0 Å². The van der Waals surface area contributed by atoms with Gasteiger partial charge >= 0.3 is 0 Å². The molecule has 9 heteroatoms. The summed E-state index contributed by atoms with van der Waals surface area (Å²) in [5.41, 5.74) is 7.17. The van der Waals surface area contributed by atoms with E-state index in [9.17, 15) is 13.2 Å². The molecule has 0 radical (unpaired) electrons. The number of aromatic nitrogens is 2. The molecular weight excluding hydrogens is 282 g/mol. The molecule has 20 heavy (non-hydrogen) atoms. The lowest BCUT2D eigenvalue weighted by atomic mass is 10.3. The normalized spacial score (nSPS) is 11.6. The van der Waals surface area contributed by atoms with Crippen LogP contribution < -0.4 is 15.8 Å². The first-order chi connectivity index (χ1) is 9.26. The molecule has 0 fully saturated rings. The molecule has 0 atom stereocenters. The highest BCUT2D eigenvalue weighted by atomic mass is 32.2. The minimum Gasteiger partial charge on any atom is -0.395 e. The second kappa shape index (κ2) is 6.71. The number of carbonyl (C=O) groups excluding carboxylic acids is 1. The lowest BCUT2D eigenvalue weighted by Gasteiger charge is -2.07. The number of nitrogen functional groups attached to an aromatic ring is 1. The fourth-order valence-corrected chi connectivity index (χ4v) is 2.21. The van der Waals surface area contributed by atoms with Gasteiger partial charge < -0.3 is 11.1 Å². The zero-order chi connectivity index (χ0) is 15.3. The van der Waals surface area contributed by atoms with Gasteiger partial charge in [-0.2, -0.15) is 5.10 Å². The standard InChI is InChI=1S/C11H21N5O3S/c1-4-16-10(9(12)8(2)15-16)11(17)13-6-5-7-14-20(3,18)19/h14H,4-7,12H2,1-3H3,(H,13,17). The Balaban J connectivity index is 2.52. The molecule has 8 nitrogen and oxygen atoms in total. The monoisotopic (exact) mass is 303 g/mol. The smallest absolute Gasteiger partial charge is 0.271 e. The van der Waals surface area contributed by atoms with Crippen molar-refractivity contribution in [3.8, 4) is 0 Å². The Kier molecular flexibility index (Phi) is 5.52. The van der Waals surface area contributed by atoms with Gasteiger partial charge in [-0.3, -0.25) is 9.48 Å². The van der Waals surface area contributed by atoms with Gasteiger partial charge in [-0.05, 0) is 20.3 Å². The first kappa shape index (κ1) is 16.4. The van der Waals surface area contributed by atoms with Crippen LogP contribution in [0.5, 0.6) is 0 Å². The van der Waals surface area contributed by atoms with E-state index < -0.39 is 10.0 Å². The van der Waals surface area contributed by atoms with E-state index in [1.165, 1.54) is 0 Å². The molecule has 114 valence electrons. The molecule has 0 spiro atoms. The van der Waals surface area contributed by atoms with Crippen molar-refractivity contribution in [2.75, 3.05) is 25.1 Å². The summed E-state index contributed by atoms with van der Waals surface area (Å²) in [5, 5.41) is 6.87. The van der Waals surface area contributed by atoms with Crippen LogP contribution in [0.1, 0.15) is 29.5 Å². The first-order valence-electron chi connectivity index (χ1n) is 6.32. The maximum absolute atomic E-state index is 12.0. The number of nitrogens with two attached hydrogens (primary N) is 1. The Labute approximate surface area is 118 Å². The van der Waals surface area contributed by atoms with Gasteiger partial charge in [-0.1, -0.05) is 0 Å². The minimum absolute atomic E-state index is 0.278. The summed E-state index contributed by atoms with van der Waals surface area (Å²) in [5.74, 6) is -0.302. The molecule has 0 aliphatic rings. The number of aryl methyl sites for hydroxylation is 2. The largest absolute Gasteiger partial charge is 0.395 e. The van der Waals surface area contributed by atoms with Crippen LogP contribution in [-0.4, -0.2) is 43.5 Å². The average molecular weight is 303 g/mol. The molecule has 4 N–H and O–H groups in total. The van der Waals surface area contributed by atoms with Gasteiger partial charge in [0.05, 0.1) is 17.6 Å². The lowest BCUT2D eigenvalue weighted by molar-refractivity contribution is 0.0943. The number of nitrogens with one attached hydrogen (secondary N) is 2. The van der Waals surface area contributed by atoms with E-state index >= 15 is 0 Å². The number of amides is 1. The van der Waals surface area contributed by atoms with Crippen molar-refractivity contribution < 1.29 is 13.2 Å². The molecule has 0 saturated carbocycles. The average Bonchev–Trinajstić information content (AvgIpc) is 2.63. The third-order valence-electron chi connectivity index (χ3n) is 2.69. The molecule has 0 saturated heterocycles. The molecule has 0 unspecified atom stereocenters. The third kappa shape index (κ3) is 4.49. The van der Waals surface area contributed by atoms with Gasteiger partial charge in [0.15, 0.2) is 0 Å². The number of rotatable bonds is 7. The number of carbonyl (C=O) groups is 1. The zero-order valence-corrected chi connectivity index (χ0v) is 12.7. The predicted octanol–water partition coefficient (Wildman–Crippen LogP) is -0.537. The summed E-state index contributed by atoms with van der Waals surface area (Å²) < 4.78 is 25.6. The van der Waals surface area contributed by atoms with Crippen molar-refractivity contribution in [3.05, 3.63) is 11.4 Å². The Bertz CT molecular complexity index is 579. The predicted molar refractivity (Wildman–Crippen MR) is 76.8 cm³/mol. The molecule has 0 bridgehead atoms. The van der Waals surface area contributed by atoms with Gasteiger partial charge in [0, 0.05) is 19.6 Å². The number of hydrogen-bond acceptors (Lipinski definition) is 5. The molecule has 0 aliphatic carbocycles. The van der Waals surface area contributed by atoms with Crippen LogP contribution in [-0.2, 0) is 16.6 Å². The fourth-order valence-electron chi connectivity index (χ4n) is 1.70. The van der Waals surface area contributed by atoms with Crippen LogP contribution in [0.3, 0.4) is 0 Å². The second-order valence-corrected chi connectivity index (χ2v) is 6.27. The van der Waals surface area contributed by atoms with E-state index in [-0.39, 0.29) is 12.5 Å². The molecular formula is C11H21N5O3S. The van der Waals surface area contributed by atoms with Crippen LogP contribution >= 0.6 is 0 Å². The Hall–Kier alpha value is -1.61. The SMILES string of the molecule is CCn1nc(C)c(N)c1C(=O)NCCCNS(C)(=O)=O. The van der Waals surface area contributed by atoms with Crippen LogP contribution in [0.25, 0.3) is 0 Å². The minimum atomic E-state index is -3.19. The van der Waals surface area contributed by atoms with Gasteiger partial charge in [0.1, 0.15) is 5.69 Å². The number of sulfonamides is 1. The van der Waals surface area contributed by atoms with E-state index in [0.717, 1.165) is 6.26 Å². The Morgan fingerprint density at radius 3 is 2.60 bits per heavy atom. The van der Waals surface area contributed by atoms with Gasteiger partial charge in [0.2, 0.25) is 10.0 Å². The van der Waals surface area contributed by atoms with E-state index in [1.807, 2.05) is 6.92 Å². The maximum Gasteiger partial charge on any atom is 0.271 e. The van der Waals surface area contributed by atoms with Crippen LogP contribution in [0.4, 0.5) is 5.69 Å². The summed E-state index contributed by atoms with van der Waals surface area (Å²) in [6, 6.07) is 0. The molecule has 1 rings (SSSR count).